The van der Waals surface area contributed by atoms with E-state index in [4.69, 9.17) is 4.74 Å². The van der Waals surface area contributed by atoms with Gasteiger partial charge in [0.2, 0.25) is 5.91 Å². The molecule has 5 heteroatoms. The molecule has 1 saturated heterocycles. The van der Waals surface area contributed by atoms with Crippen LogP contribution in [-0.2, 0) is 9.53 Å². The molecule has 0 aromatic carbocycles. The number of thiophene rings is 1. The van der Waals surface area contributed by atoms with Crippen molar-refractivity contribution in [3.05, 3.63) is 22.4 Å². The molecule has 2 rings (SSSR count). The molecule has 0 radical (unpaired) electrons. The first kappa shape index (κ1) is 15.5. The van der Waals surface area contributed by atoms with Crippen LogP contribution < -0.4 is 5.32 Å². The standard InChI is InChI=1S/C15H24N2O2S/c1-4-12-15(18)17(7-8-19-10-11(2)3)14(16-12)13-6-5-9-20-13/h5-6,9,11-12,14,16H,4,7-8,10H2,1-3H3. The van der Waals surface area contributed by atoms with Gasteiger partial charge < -0.3 is 9.64 Å². The van der Waals surface area contributed by atoms with E-state index in [9.17, 15) is 4.79 Å². The maximum atomic E-state index is 12.4. The fourth-order valence-corrected chi connectivity index (χ4v) is 3.17. The summed E-state index contributed by atoms with van der Waals surface area (Å²) < 4.78 is 5.62. The van der Waals surface area contributed by atoms with Crippen molar-refractivity contribution in [1.29, 1.82) is 0 Å². The van der Waals surface area contributed by atoms with Crippen LogP contribution in [0.15, 0.2) is 17.5 Å². The van der Waals surface area contributed by atoms with Crippen molar-refractivity contribution >= 4 is 17.2 Å². The molecule has 0 spiro atoms. The summed E-state index contributed by atoms with van der Waals surface area (Å²) in [6.07, 6.45) is 0.833. The van der Waals surface area contributed by atoms with E-state index in [0.29, 0.717) is 19.1 Å². The molecule has 0 aliphatic carbocycles. The first-order chi connectivity index (χ1) is 9.63. The van der Waals surface area contributed by atoms with Gasteiger partial charge in [-0.15, -0.1) is 11.3 Å². The Balaban J connectivity index is 1.97. The quantitative estimate of drug-likeness (QED) is 0.787. The molecule has 2 unspecified atom stereocenters. The van der Waals surface area contributed by atoms with Crippen LogP contribution in [-0.4, -0.2) is 36.6 Å². The number of nitrogens with zero attached hydrogens (tertiary/aromatic N) is 1. The van der Waals surface area contributed by atoms with Crippen LogP contribution in [0.25, 0.3) is 0 Å². The Morgan fingerprint density at radius 2 is 2.30 bits per heavy atom. The van der Waals surface area contributed by atoms with Crippen molar-refractivity contribution in [2.24, 2.45) is 5.92 Å². The zero-order chi connectivity index (χ0) is 14.5. The van der Waals surface area contributed by atoms with Gasteiger partial charge >= 0.3 is 0 Å². The van der Waals surface area contributed by atoms with Crippen molar-refractivity contribution in [2.45, 2.75) is 39.4 Å². The molecule has 112 valence electrons. The molecule has 4 nitrogen and oxygen atoms in total. The number of hydrogen-bond acceptors (Lipinski definition) is 4. The lowest BCUT2D eigenvalue weighted by atomic mass is 10.2. The average molecular weight is 296 g/mol. The van der Waals surface area contributed by atoms with E-state index >= 15 is 0 Å². The summed E-state index contributed by atoms with van der Waals surface area (Å²) >= 11 is 1.69. The molecule has 2 atom stereocenters. The average Bonchev–Trinajstić information content (AvgIpc) is 3.03. The number of amides is 1. The minimum atomic E-state index is -0.0628. The Hall–Kier alpha value is -0.910. The second-order valence-corrected chi connectivity index (χ2v) is 6.53. The second kappa shape index (κ2) is 7.20. The first-order valence-corrected chi connectivity index (χ1v) is 8.19. The summed E-state index contributed by atoms with van der Waals surface area (Å²) in [6.45, 7) is 8.30. The maximum Gasteiger partial charge on any atom is 0.241 e. The third-order valence-corrected chi connectivity index (χ3v) is 4.33. The molecule has 0 bridgehead atoms. The van der Waals surface area contributed by atoms with Crippen LogP contribution in [0.2, 0.25) is 0 Å². The summed E-state index contributed by atoms with van der Waals surface area (Å²) in [5, 5.41) is 5.47. The highest BCUT2D eigenvalue weighted by Crippen LogP contribution is 2.29. The maximum absolute atomic E-state index is 12.4. The molecule has 2 heterocycles. The number of ether oxygens (including phenoxy) is 1. The largest absolute Gasteiger partial charge is 0.379 e. The topological polar surface area (TPSA) is 41.6 Å². The molecular formula is C15H24N2O2S. The third-order valence-electron chi connectivity index (χ3n) is 3.40. The summed E-state index contributed by atoms with van der Waals surface area (Å²) in [5.41, 5.74) is 0. The summed E-state index contributed by atoms with van der Waals surface area (Å²) in [7, 11) is 0. The lowest BCUT2D eigenvalue weighted by molar-refractivity contribution is -0.130. The highest BCUT2D eigenvalue weighted by molar-refractivity contribution is 7.10. The van der Waals surface area contributed by atoms with Gasteiger partial charge in [-0.05, 0) is 23.8 Å². The van der Waals surface area contributed by atoms with E-state index < -0.39 is 0 Å². The van der Waals surface area contributed by atoms with Crippen molar-refractivity contribution in [2.75, 3.05) is 19.8 Å². The normalized spacial score (nSPS) is 23.0. The molecule has 1 aromatic rings. The van der Waals surface area contributed by atoms with E-state index in [-0.39, 0.29) is 18.1 Å². The van der Waals surface area contributed by atoms with E-state index in [1.54, 1.807) is 11.3 Å². The molecule has 1 fully saturated rings. The van der Waals surface area contributed by atoms with E-state index in [1.807, 2.05) is 23.3 Å². The Bertz CT molecular complexity index is 420. The number of nitrogens with one attached hydrogen (secondary N) is 1. The predicted molar refractivity (Wildman–Crippen MR) is 81.6 cm³/mol. The van der Waals surface area contributed by atoms with Crippen molar-refractivity contribution in [3.63, 3.8) is 0 Å². The molecule has 1 N–H and O–H groups in total. The van der Waals surface area contributed by atoms with Gasteiger partial charge in [-0.2, -0.15) is 0 Å². The number of hydrogen-bond donors (Lipinski definition) is 1. The molecule has 1 amide bonds. The van der Waals surface area contributed by atoms with Gasteiger partial charge in [0.1, 0.15) is 6.17 Å². The Kier molecular flexibility index (Phi) is 5.57. The van der Waals surface area contributed by atoms with E-state index in [1.165, 1.54) is 4.88 Å². The van der Waals surface area contributed by atoms with Gasteiger partial charge in [0.25, 0.3) is 0 Å². The van der Waals surface area contributed by atoms with Crippen LogP contribution >= 0.6 is 11.3 Å². The Labute approximate surface area is 125 Å². The summed E-state index contributed by atoms with van der Waals surface area (Å²) in [6, 6.07) is 4.04. The highest BCUT2D eigenvalue weighted by Gasteiger charge is 2.38. The van der Waals surface area contributed by atoms with Gasteiger partial charge in [0.05, 0.1) is 12.6 Å². The number of carbonyl (C=O) groups excluding carboxylic acids is 1. The minimum Gasteiger partial charge on any atom is -0.379 e. The zero-order valence-corrected chi connectivity index (χ0v) is 13.3. The van der Waals surface area contributed by atoms with E-state index in [0.717, 1.165) is 13.0 Å². The molecule has 1 aliphatic rings. The first-order valence-electron chi connectivity index (χ1n) is 7.31. The van der Waals surface area contributed by atoms with Crippen LogP contribution in [0, 0.1) is 5.92 Å². The third kappa shape index (κ3) is 3.59. The summed E-state index contributed by atoms with van der Waals surface area (Å²) in [5.74, 6) is 0.720. The van der Waals surface area contributed by atoms with Crippen LogP contribution in [0.1, 0.15) is 38.2 Å². The van der Waals surface area contributed by atoms with Crippen LogP contribution in [0.3, 0.4) is 0 Å². The molecular weight excluding hydrogens is 272 g/mol. The lowest BCUT2D eigenvalue weighted by Gasteiger charge is -2.23. The van der Waals surface area contributed by atoms with E-state index in [2.05, 4.69) is 25.2 Å². The fraction of sp³-hybridized carbons (Fsp3) is 0.667. The second-order valence-electron chi connectivity index (χ2n) is 5.55. The van der Waals surface area contributed by atoms with Gasteiger partial charge in [-0.3, -0.25) is 10.1 Å². The highest BCUT2D eigenvalue weighted by atomic mass is 32.1. The molecule has 0 saturated carbocycles. The van der Waals surface area contributed by atoms with Gasteiger partial charge in [-0.25, -0.2) is 0 Å². The monoisotopic (exact) mass is 296 g/mol. The van der Waals surface area contributed by atoms with Crippen molar-refractivity contribution in [3.8, 4) is 0 Å². The van der Waals surface area contributed by atoms with Crippen LogP contribution in [0.4, 0.5) is 0 Å². The van der Waals surface area contributed by atoms with Crippen molar-refractivity contribution < 1.29 is 9.53 Å². The SMILES string of the molecule is CCC1NC(c2cccs2)N(CCOCC(C)C)C1=O. The van der Waals surface area contributed by atoms with Gasteiger partial charge in [-0.1, -0.05) is 26.8 Å². The fourth-order valence-electron chi connectivity index (χ4n) is 2.38. The number of rotatable bonds is 7. The van der Waals surface area contributed by atoms with Crippen LogP contribution in [0.5, 0.6) is 0 Å². The predicted octanol–water partition coefficient (Wildman–Crippen LogP) is 2.63. The molecule has 1 aromatic heterocycles. The lowest BCUT2D eigenvalue weighted by Crippen LogP contribution is -2.33. The number of carbonyl (C=O) groups is 1. The van der Waals surface area contributed by atoms with Gasteiger partial charge in [0, 0.05) is 18.0 Å². The van der Waals surface area contributed by atoms with Gasteiger partial charge in [0.15, 0.2) is 0 Å². The minimum absolute atomic E-state index is 0.00935. The summed E-state index contributed by atoms with van der Waals surface area (Å²) in [4.78, 5) is 15.5. The zero-order valence-electron chi connectivity index (χ0n) is 12.5. The Morgan fingerprint density at radius 3 is 2.90 bits per heavy atom. The van der Waals surface area contributed by atoms with Crippen molar-refractivity contribution in [1.82, 2.24) is 10.2 Å². The smallest absolute Gasteiger partial charge is 0.241 e. The molecule has 20 heavy (non-hydrogen) atoms. The molecule has 1 aliphatic heterocycles. The Morgan fingerprint density at radius 1 is 1.50 bits per heavy atom.